The third kappa shape index (κ3) is 3.54. The van der Waals surface area contributed by atoms with Gasteiger partial charge in [0.25, 0.3) is 0 Å². The monoisotopic (exact) mass is 290 g/mol. The van der Waals surface area contributed by atoms with Crippen LogP contribution in [0.3, 0.4) is 0 Å². The molecule has 0 saturated carbocycles. The Bertz CT molecular complexity index is 617. The number of benzene rings is 1. The highest BCUT2D eigenvalue weighted by molar-refractivity contribution is 7.98. The Morgan fingerprint density at radius 2 is 2.20 bits per heavy atom. The number of rotatable bonds is 5. The summed E-state index contributed by atoms with van der Waals surface area (Å²) in [6.45, 7) is 1.94. The third-order valence-corrected chi connectivity index (χ3v) is 3.40. The summed E-state index contributed by atoms with van der Waals surface area (Å²) in [6.07, 6.45) is 2.99. The minimum Gasteiger partial charge on any atom is -0.441 e. The van der Waals surface area contributed by atoms with E-state index in [4.69, 9.17) is 15.9 Å². The summed E-state index contributed by atoms with van der Waals surface area (Å²) >= 11 is 1.79. The zero-order chi connectivity index (χ0) is 14.5. The van der Waals surface area contributed by atoms with Gasteiger partial charge in [0.1, 0.15) is 5.76 Å². The van der Waals surface area contributed by atoms with Crippen molar-refractivity contribution in [1.82, 2.24) is 4.98 Å². The van der Waals surface area contributed by atoms with Crippen molar-refractivity contribution in [3.05, 3.63) is 35.7 Å². The molecule has 4 N–H and O–H groups in total. The van der Waals surface area contributed by atoms with Gasteiger partial charge in [-0.25, -0.2) is 9.98 Å². The number of hydrogen-bond donors (Lipinski definition) is 2. The van der Waals surface area contributed by atoms with Crippen LogP contribution in [-0.2, 0) is 6.42 Å². The summed E-state index contributed by atoms with van der Waals surface area (Å²) in [4.78, 5) is 8.57. The number of aromatic nitrogens is 1. The van der Waals surface area contributed by atoms with E-state index in [1.165, 1.54) is 0 Å². The number of thioether (sulfide) groups is 1. The molecular formula is C14H18N4OS. The van der Waals surface area contributed by atoms with Crippen LogP contribution in [0.2, 0.25) is 0 Å². The van der Waals surface area contributed by atoms with Crippen LogP contribution in [0, 0.1) is 6.92 Å². The highest BCUT2D eigenvalue weighted by atomic mass is 32.2. The number of nitrogens with zero attached hydrogens (tertiary/aromatic N) is 2. The first-order valence-corrected chi connectivity index (χ1v) is 7.65. The maximum absolute atomic E-state index is 5.73. The topological polar surface area (TPSA) is 90.4 Å². The molecule has 0 aliphatic heterocycles. The fourth-order valence-electron chi connectivity index (χ4n) is 1.84. The maximum atomic E-state index is 5.73. The molecule has 2 aromatic rings. The van der Waals surface area contributed by atoms with Gasteiger partial charge in [-0.15, -0.1) is 0 Å². The van der Waals surface area contributed by atoms with E-state index in [9.17, 15) is 0 Å². The average Bonchev–Trinajstić information content (AvgIpc) is 2.77. The molecule has 0 unspecified atom stereocenters. The molecule has 5 nitrogen and oxygen atoms in total. The molecule has 0 aliphatic rings. The Balaban J connectivity index is 2.29. The van der Waals surface area contributed by atoms with Gasteiger partial charge in [-0.1, -0.05) is 6.07 Å². The van der Waals surface area contributed by atoms with E-state index in [-0.39, 0.29) is 5.96 Å². The van der Waals surface area contributed by atoms with Gasteiger partial charge in [0.2, 0.25) is 5.89 Å². The van der Waals surface area contributed by atoms with Gasteiger partial charge in [-0.3, -0.25) is 0 Å². The minimum atomic E-state index is 0.0337. The zero-order valence-corrected chi connectivity index (χ0v) is 12.4. The van der Waals surface area contributed by atoms with E-state index < -0.39 is 0 Å². The first-order chi connectivity index (χ1) is 9.60. The maximum Gasteiger partial charge on any atom is 0.226 e. The summed E-state index contributed by atoms with van der Waals surface area (Å²) in [6, 6.07) is 7.48. The SMILES string of the molecule is CSCCc1nc(-c2cccc(N=C(N)N)c2)oc1C. The molecule has 0 fully saturated rings. The van der Waals surface area contributed by atoms with E-state index in [0.29, 0.717) is 11.6 Å². The summed E-state index contributed by atoms with van der Waals surface area (Å²) in [7, 11) is 0. The predicted molar refractivity (Wildman–Crippen MR) is 84.2 cm³/mol. The van der Waals surface area contributed by atoms with Crippen LogP contribution in [0.15, 0.2) is 33.7 Å². The van der Waals surface area contributed by atoms with Gasteiger partial charge in [-0.05, 0) is 37.1 Å². The lowest BCUT2D eigenvalue weighted by Gasteiger charge is -1.98. The molecular weight excluding hydrogens is 272 g/mol. The second kappa shape index (κ2) is 6.47. The van der Waals surface area contributed by atoms with Crippen LogP contribution < -0.4 is 11.5 Å². The van der Waals surface area contributed by atoms with Gasteiger partial charge in [-0.2, -0.15) is 11.8 Å². The molecule has 2 rings (SSSR count). The van der Waals surface area contributed by atoms with E-state index in [1.54, 1.807) is 11.8 Å². The molecule has 0 saturated heterocycles. The molecule has 0 amide bonds. The zero-order valence-electron chi connectivity index (χ0n) is 11.6. The lowest BCUT2D eigenvalue weighted by Crippen LogP contribution is -2.21. The number of hydrogen-bond acceptors (Lipinski definition) is 4. The molecule has 20 heavy (non-hydrogen) atoms. The molecule has 0 bridgehead atoms. The largest absolute Gasteiger partial charge is 0.441 e. The Morgan fingerprint density at radius 1 is 1.40 bits per heavy atom. The fourth-order valence-corrected chi connectivity index (χ4v) is 2.24. The van der Waals surface area contributed by atoms with Crippen LogP contribution in [-0.4, -0.2) is 23.0 Å². The first-order valence-electron chi connectivity index (χ1n) is 6.25. The fraction of sp³-hybridized carbons (Fsp3) is 0.286. The summed E-state index contributed by atoms with van der Waals surface area (Å²) in [5.74, 6) is 2.53. The second-order valence-electron chi connectivity index (χ2n) is 4.35. The lowest BCUT2D eigenvalue weighted by atomic mass is 10.2. The minimum absolute atomic E-state index is 0.0337. The van der Waals surface area contributed by atoms with E-state index in [2.05, 4.69) is 16.2 Å². The van der Waals surface area contributed by atoms with Crippen LogP contribution in [0.5, 0.6) is 0 Å². The average molecular weight is 290 g/mol. The van der Waals surface area contributed by atoms with Gasteiger partial charge >= 0.3 is 0 Å². The van der Waals surface area contributed by atoms with Gasteiger partial charge < -0.3 is 15.9 Å². The predicted octanol–water partition coefficient (Wildman–Crippen LogP) is 2.46. The van der Waals surface area contributed by atoms with Crippen LogP contribution >= 0.6 is 11.8 Å². The summed E-state index contributed by atoms with van der Waals surface area (Å²) in [5.41, 5.74) is 13.3. The van der Waals surface area contributed by atoms with E-state index >= 15 is 0 Å². The molecule has 6 heteroatoms. The number of guanidine groups is 1. The van der Waals surface area contributed by atoms with Crippen molar-refractivity contribution in [2.45, 2.75) is 13.3 Å². The van der Waals surface area contributed by atoms with Crippen molar-refractivity contribution in [2.24, 2.45) is 16.5 Å². The molecule has 0 spiro atoms. The number of aliphatic imine (C=N–C) groups is 1. The lowest BCUT2D eigenvalue weighted by molar-refractivity contribution is 0.540. The molecule has 0 aliphatic carbocycles. The van der Waals surface area contributed by atoms with Crippen molar-refractivity contribution in [1.29, 1.82) is 0 Å². The smallest absolute Gasteiger partial charge is 0.226 e. The number of aryl methyl sites for hydroxylation is 2. The van der Waals surface area contributed by atoms with Crippen LogP contribution in [0.25, 0.3) is 11.5 Å². The quantitative estimate of drug-likeness (QED) is 0.652. The summed E-state index contributed by atoms with van der Waals surface area (Å²) in [5, 5.41) is 0. The van der Waals surface area contributed by atoms with Crippen molar-refractivity contribution >= 4 is 23.4 Å². The molecule has 1 heterocycles. The first kappa shape index (κ1) is 14.5. The molecule has 0 atom stereocenters. The Labute approximate surface area is 122 Å². The van der Waals surface area contributed by atoms with Crippen molar-refractivity contribution in [3.8, 4) is 11.5 Å². The van der Waals surface area contributed by atoms with Gasteiger partial charge in [0, 0.05) is 12.0 Å². The Morgan fingerprint density at radius 3 is 2.90 bits per heavy atom. The van der Waals surface area contributed by atoms with E-state index in [0.717, 1.165) is 29.2 Å². The summed E-state index contributed by atoms with van der Waals surface area (Å²) < 4.78 is 5.73. The standard InChI is InChI=1S/C14H18N4OS/c1-9-12(6-7-20-2)18-13(19-9)10-4-3-5-11(8-10)17-14(15)16/h3-5,8H,6-7H2,1-2H3,(H4,15,16,17). The van der Waals surface area contributed by atoms with Gasteiger partial charge in [0.05, 0.1) is 11.4 Å². The van der Waals surface area contributed by atoms with E-state index in [1.807, 2.05) is 31.2 Å². The molecule has 0 radical (unpaired) electrons. The van der Waals surface area contributed by atoms with Crippen LogP contribution in [0.4, 0.5) is 5.69 Å². The highest BCUT2D eigenvalue weighted by Crippen LogP contribution is 2.25. The van der Waals surface area contributed by atoms with Crippen molar-refractivity contribution < 1.29 is 4.42 Å². The van der Waals surface area contributed by atoms with Crippen molar-refractivity contribution in [3.63, 3.8) is 0 Å². The third-order valence-electron chi connectivity index (χ3n) is 2.79. The van der Waals surface area contributed by atoms with Gasteiger partial charge in [0.15, 0.2) is 5.96 Å². The molecule has 1 aromatic heterocycles. The number of nitrogens with two attached hydrogens (primary N) is 2. The molecule has 106 valence electrons. The Kier molecular flexibility index (Phi) is 4.68. The normalized spacial score (nSPS) is 10.5. The Hall–Kier alpha value is -1.95. The second-order valence-corrected chi connectivity index (χ2v) is 5.34. The molecule has 1 aromatic carbocycles. The number of oxazole rings is 1. The van der Waals surface area contributed by atoms with Crippen molar-refractivity contribution in [2.75, 3.05) is 12.0 Å². The van der Waals surface area contributed by atoms with Crippen LogP contribution in [0.1, 0.15) is 11.5 Å². The highest BCUT2D eigenvalue weighted by Gasteiger charge is 2.11.